The minimum absolute atomic E-state index is 0.0253. The standard InChI is InChI=1S/C17H9ClF3N3O3/c18-7-1-3-12-10(5-7)14(24-26)15(22-12)13-9-6-8(27-17(19,20)21)2-4-11(9)23-16(13)25/h1-6,13,22H,(H,23,25). The van der Waals surface area contributed by atoms with Crippen LogP contribution in [0.3, 0.4) is 0 Å². The van der Waals surface area contributed by atoms with Crippen LogP contribution in [0, 0.1) is 4.91 Å². The molecule has 0 spiro atoms. The highest BCUT2D eigenvalue weighted by molar-refractivity contribution is 6.31. The molecule has 4 rings (SSSR count). The number of benzene rings is 2. The van der Waals surface area contributed by atoms with Crippen LogP contribution in [-0.4, -0.2) is 17.3 Å². The highest BCUT2D eigenvalue weighted by Gasteiger charge is 2.37. The average molecular weight is 396 g/mol. The molecular formula is C17H9ClF3N3O3. The molecule has 0 saturated heterocycles. The van der Waals surface area contributed by atoms with Gasteiger partial charge < -0.3 is 15.0 Å². The molecule has 0 fully saturated rings. The Morgan fingerprint density at radius 1 is 1.15 bits per heavy atom. The minimum Gasteiger partial charge on any atom is -0.406 e. The Hall–Kier alpha value is -3.07. The van der Waals surface area contributed by atoms with Crippen LogP contribution in [0.15, 0.2) is 41.6 Å². The molecule has 2 heterocycles. The number of ether oxygens (including phenoxy) is 1. The number of carbonyl (C=O) groups is 1. The number of fused-ring (bicyclic) bond motifs is 2. The predicted molar refractivity (Wildman–Crippen MR) is 92.4 cm³/mol. The second kappa shape index (κ2) is 5.98. The molecule has 1 aromatic heterocycles. The van der Waals surface area contributed by atoms with E-state index in [1.165, 1.54) is 12.1 Å². The molecule has 1 aliphatic rings. The molecule has 27 heavy (non-hydrogen) atoms. The van der Waals surface area contributed by atoms with Gasteiger partial charge in [0, 0.05) is 21.6 Å². The summed E-state index contributed by atoms with van der Waals surface area (Å²) in [5, 5.41) is 6.36. The lowest BCUT2D eigenvalue weighted by Gasteiger charge is -2.12. The second-order valence-electron chi connectivity index (χ2n) is 5.89. The van der Waals surface area contributed by atoms with Crippen LogP contribution in [0.1, 0.15) is 17.2 Å². The molecule has 2 aromatic carbocycles. The van der Waals surface area contributed by atoms with Crippen LogP contribution in [0.25, 0.3) is 10.9 Å². The predicted octanol–water partition coefficient (Wildman–Crippen LogP) is 5.20. The summed E-state index contributed by atoms with van der Waals surface area (Å²) in [6.07, 6.45) is -4.87. The Morgan fingerprint density at radius 2 is 1.93 bits per heavy atom. The van der Waals surface area contributed by atoms with Crippen molar-refractivity contribution in [2.75, 3.05) is 5.32 Å². The fourth-order valence-corrected chi connectivity index (χ4v) is 3.37. The van der Waals surface area contributed by atoms with Gasteiger partial charge >= 0.3 is 6.36 Å². The lowest BCUT2D eigenvalue weighted by atomic mass is 9.96. The van der Waals surface area contributed by atoms with E-state index in [4.69, 9.17) is 11.6 Å². The highest BCUT2D eigenvalue weighted by atomic mass is 35.5. The molecule has 10 heteroatoms. The van der Waals surface area contributed by atoms with E-state index in [0.29, 0.717) is 21.6 Å². The third-order valence-electron chi connectivity index (χ3n) is 4.23. The number of H-pyrrole nitrogens is 1. The molecule has 1 amide bonds. The van der Waals surface area contributed by atoms with E-state index in [1.807, 2.05) is 0 Å². The topological polar surface area (TPSA) is 83.6 Å². The van der Waals surface area contributed by atoms with Crippen molar-refractivity contribution in [3.63, 3.8) is 0 Å². The lowest BCUT2D eigenvalue weighted by Crippen LogP contribution is -2.17. The van der Waals surface area contributed by atoms with Crippen molar-refractivity contribution >= 4 is 39.8 Å². The number of anilines is 1. The fourth-order valence-electron chi connectivity index (χ4n) is 3.20. The van der Waals surface area contributed by atoms with Gasteiger partial charge in [-0.05, 0) is 47.1 Å². The third kappa shape index (κ3) is 2.99. The van der Waals surface area contributed by atoms with Crippen LogP contribution in [0.5, 0.6) is 5.75 Å². The van der Waals surface area contributed by atoms with Gasteiger partial charge in [-0.1, -0.05) is 11.6 Å². The van der Waals surface area contributed by atoms with E-state index in [2.05, 4.69) is 20.2 Å². The van der Waals surface area contributed by atoms with Gasteiger partial charge in [-0.25, -0.2) is 0 Å². The normalized spacial score (nSPS) is 16.3. The van der Waals surface area contributed by atoms with Crippen LogP contribution in [0.4, 0.5) is 24.5 Å². The zero-order valence-electron chi connectivity index (χ0n) is 13.2. The first kappa shape index (κ1) is 17.3. The van der Waals surface area contributed by atoms with Crippen molar-refractivity contribution in [3.8, 4) is 5.75 Å². The molecule has 6 nitrogen and oxygen atoms in total. The molecule has 0 radical (unpaired) electrons. The summed E-state index contributed by atoms with van der Waals surface area (Å²) in [4.78, 5) is 26.8. The van der Waals surface area contributed by atoms with Gasteiger partial charge in [0.25, 0.3) is 0 Å². The van der Waals surface area contributed by atoms with E-state index in [9.17, 15) is 22.9 Å². The van der Waals surface area contributed by atoms with E-state index in [0.717, 1.165) is 12.1 Å². The zero-order chi connectivity index (χ0) is 19.3. The number of nitroso groups, excluding NO2 is 1. The maximum absolute atomic E-state index is 12.5. The summed E-state index contributed by atoms with van der Waals surface area (Å²) < 4.78 is 41.4. The first-order chi connectivity index (χ1) is 12.8. The SMILES string of the molecule is O=Nc1c(C2C(=O)Nc3ccc(OC(F)(F)F)cc32)[nH]c2ccc(Cl)cc12. The van der Waals surface area contributed by atoms with Crippen LogP contribution >= 0.6 is 11.6 Å². The second-order valence-corrected chi connectivity index (χ2v) is 6.32. The van der Waals surface area contributed by atoms with Gasteiger partial charge in [-0.3, -0.25) is 4.79 Å². The number of halogens is 4. The minimum atomic E-state index is -4.87. The quantitative estimate of drug-likeness (QED) is 0.598. The molecule has 1 aliphatic heterocycles. The number of aromatic amines is 1. The summed E-state index contributed by atoms with van der Waals surface area (Å²) in [6, 6.07) is 8.24. The molecular weight excluding hydrogens is 387 g/mol. The maximum atomic E-state index is 12.5. The average Bonchev–Trinajstić information content (AvgIpc) is 3.08. The summed E-state index contributed by atoms with van der Waals surface area (Å²) in [5.41, 5.74) is 1.23. The number of alkyl halides is 3. The molecule has 0 bridgehead atoms. The number of rotatable bonds is 3. The molecule has 0 saturated carbocycles. The first-order valence-electron chi connectivity index (χ1n) is 7.62. The zero-order valence-corrected chi connectivity index (χ0v) is 14.0. The molecule has 0 aliphatic carbocycles. The summed E-state index contributed by atoms with van der Waals surface area (Å²) in [7, 11) is 0. The Balaban J connectivity index is 1.87. The summed E-state index contributed by atoms with van der Waals surface area (Å²) in [5.74, 6) is -2.02. The number of carbonyl (C=O) groups excluding carboxylic acids is 1. The number of hydrogen-bond acceptors (Lipinski definition) is 4. The van der Waals surface area contributed by atoms with Crippen molar-refractivity contribution in [2.24, 2.45) is 5.18 Å². The van der Waals surface area contributed by atoms with Crippen molar-refractivity contribution in [2.45, 2.75) is 12.3 Å². The van der Waals surface area contributed by atoms with Crippen molar-refractivity contribution in [3.05, 3.63) is 57.6 Å². The van der Waals surface area contributed by atoms with Gasteiger partial charge in [0.15, 0.2) is 0 Å². The number of nitrogens with one attached hydrogen (secondary N) is 2. The highest BCUT2D eigenvalue weighted by Crippen LogP contribution is 2.45. The van der Waals surface area contributed by atoms with E-state index >= 15 is 0 Å². The number of nitrogens with zero attached hydrogens (tertiary/aromatic N) is 1. The Labute approximate surface area is 154 Å². The van der Waals surface area contributed by atoms with Gasteiger partial charge in [0.2, 0.25) is 5.91 Å². The van der Waals surface area contributed by atoms with Crippen LogP contribution < -0.4 is 10.1 Å². The van der Waals surface area contributed by atoms with E-state index < -0.39 is 23.9 Å². The summed E-state index contributed by atoms with van der Waals surface area (Å²) >= 11 is 5.95. The van der Waals surface area contributed by atoms with Gasteiger partial charge in [0.1, 0.15) is 17.4 Å². The number of amides is 1. The fraction of sp³-hybridized carbons (Fsp3) is 0.118. The number of aromatic nitrogens is 1. The summed E-state index contributed by atoms with van der Waals surface area (Å²) in [6.45, 7) is 0. The monoisotopic (exact) mass is 395 g/mol. The largest absolute Gasteiger partial charge is 0.573 e. The van der Waals surface area contributed by atoms with Crippen molar-refractivity contribution in [1.82, 2.24) is 4.98 Å². The molecule has 1 atom stereocenters. The van der Waals surface area contributed by atoms with Gasteiger partial charge in [-0.15, -0.1) is 18.1 Å². The van der Waals surface area contributed by atoms with Crippen LogP contribution in [0.2, 0.25) is 5.02 Å². The van der Waals surface area contributed by atoms with Crippen molar-refractivity contribution in [1.29, 1.82) is 0 Å². The van der Waals surface area contributed by atoms with E-state index in [-0.39, 0.29) is 16.9 Å². The van der Waals surface area contributed by atoms with Crippen LogP contribution in [-0.2, 0) is 4.79 Å². The Kier molecular flexibility index (Phi) is 3.84. The Morgan fingerprint density at radius 3 is 2.63 bits per heavy atom. The smallest absolute Gasteiger partial charge is 0.406 e. The van der Waals surface area contributed by atoms with Crippen molar-refractivity contribution < 1.29 is 22.7 Å². The number of hydrogen-bond donors (Lipinski definition) is 2. The first-order valence-corrected chi connectivity index (χ1v) is 7.99. The van der Waals surface area contributed by atoms with Gasteiger partial charge in [0.05, 0.1) is 5.69 Å². The van der Waals surface area contributed by atoms with Gasteiger partial charge in [-0.2, -0.15) is 0 Å². The maximum Gasteiger partial charge on any atom is 0.573 e. The lowest BCUT2D eigenvalue weighted by molar-refractivity contribution is -0.274. The third-order valence-corrected chi connectivity index (χ3v) is 4.46. The molecule has 138 valence electrons. The molecule has 1 unspecified atom stereocenters. The molecule has 2 N–H and O–H groups in total. The van der Waals surface area contributed by atoms with E-state index in [1.54, 1.807) is 12.1 Å². The molecule has 3 aromatic rings. The Bertz CT molecular complexity index is 1090.